The van der Waals surface area contributed by atoms with Crippen LogP contribution < -0.4 is 0 Å². The zero-order valence-electron chi connectivity index (χ0n) is 19.7. The minimum atomic E-state index is 0.138. The van der Waals surface area contributed by atoms with Gasteiger partial charge in [-0.25, -0.2) is 0 Å². The van der Waals surface area contributed by atoms with Gasteiger partial charge in [-0.1, -0.05) is 60.3 Å². The van der Waals surface area contributed by atoms with Gasteiger partial charge in [-0.2, -0.15) is 0 Å². The second-order valence-corrected chi connectivity index (χ2v) is 9.54. The SMILES string of the molecule is Cc1ccccc1-n1c(SCC(=O)N2CCN(Cc3ccccc3)CC2)nnc1-c1ccncc1. The number of thioether (sulfide) groups is 1. The van der Waals surface area contributed by atoms with E-state index in [0.29, 0.717) is 10.9 Å². The van der Waals surface area contributed by atoms with Crippen molar-refractivity contribution in [2.75, 3.05) is 31.9 Å². The summed E-state index contributed by atoms with van der Waals surface area (Å²) in [6.45, 7) is 6.26. The average Bonchev–Trinajstić information content (AvgIpc) is 3.33. The van der Waals surface area contributed by atoms with Crippen molar-refractivity contribution in [2.45, 2.75) is 18.6 Å². The van der Waals surface area contributed by atoms with E-state index in [-0.39, 0.29) is 5.91 Å². The number of hydrogen-bond acceptors (Lipinski definition) is 6. The molecule has 0 bridgehead atoms. The minimum Gasteiger partial charge on any atom is -0.339 e. The molecule has 0 aliphatic carbocycles. The number of nitrogens with zero attached hydrogens (tertiary/aromatic N) is 6. The summed E-state index contributed by atoms with van der Waals surface area (Å²) >= 11 is 1.44. The van der Waals surface area contributed by atoms with Crippen molar-refractivity contribution in [3.05, 3.63) is 90.3 Å². The van der Waals surface area contributed by atoms with Gasteiger partial charge in [-0.05, 0) is 36.2 Å². The van der Waals surface area contributed by atoms with E-state index in [4.69, 9.17) is 0 Å². The standard InChI is InChI=1S/C27H28N6OS/c1-21-7-5-6-10-24(21)33-26(23-11-13-28-14-12-23)29-30-27(33)35-20-25(34)32-17-15-31(16-18-32)19-22-8-3-2-4-9-22/h2-14H,15-20H2,1H3. The van der Waals surface area contributed by atoms with Gasteiger partial charge < -0.3 is 4.90 Å². The Balaban J connectivity index is 1.26. The fourth-order valence-electron chi connectivity index (χ4n) is 4.30. The first kappa shape index (κ1) is 23.3. The third-order valence-corrected chi connectivity index (χ3v) is 7.14. The first-order chi connectivity index (χ1) is 17.2. The molecule has 0 spiro atoms. The van der Waals surface area contributed by atoms with Crippen LogP contribution in [0.1, 0.15) is 11.1 Å². The maximum absolute atomic E-state index is 13.0. The highest BCUT2D eigenvalue weighted by molar-refractivity contribution is 7.99. The smallest absolute Gasteiger partial charge is 0.233 e. The number of hydrogen-bond donors (Lipinski definition) is 0. The third kappa shape index (κ3) is 5.44. The Morgan fingerprint density at radius 3 is 2.34 bits per heavy atom. The zero-order chi connectivity index (χ0) is 24.0. The summed E-state index contributed by atoms with van der Waals surface area (Å²) in [6, 6.07) is 22.5. The lowest BCUT2D eigenvalue weighted by molar-refractivity contribution is -0.130. The van der Waals surface area contributed by atoms with Crippen LogP contribution in [0.25, 0.3) is 17.1 Å². The minimum absolute atomic E-state index is 0.138. The Morgan fingerprint density at radius 2 is 1.60 bits per heavy atom. The van der Waals surface area contributed by atoms with Crippen LogP contribution in [-0.4, -0.2) is 67.4 Å². The predicted molar refractivity (Wildman–Crippen MR) is 138 cm³/mol. The molecule has 0 N–H and O–H groups in total. The fourth-order valence-corrected chi connectivity index (χ4v) is 5.15. The summed E-state index contributed by atoms with van der Waals surface area (Å²) in [6.07, 6.45) is 3.50. The molecule has 3 heterocycles. The van der Waals surface area contributed by atoms with Gasteiger partial charge >= 0.3 is 0 Å². The number of benzene rings is 2. The summed E-state index contributed by atoms with van der Waals surface area (Å²) < 4.78 is 2.04. The highest BCUT2D eigenvalue weighted by Gasteiger charge is 2.23. The molecule has 35 heavy (non-hydrogen) atoms. The van der Waals surface area contributed by atoms with Crippen molar-refractivity contribution in [1.29, 1.82) is 0 Å². The van der Waals surface area contributed by atoms with E-state index >= 15 is 0 Å². The fraction of sp³-hybridized carbons (Fsp3) is 0.259. The van der Waals surface area contributed by atoms with Crippen LogP contribution in [0, 0.1) is 6.92 Å². The van der Waals surface area contributed by atoms with E-state index in [1.807, 2.05) is 39.8 Å². The molecule has 5 rings (SSSR count). The van der Waals surface area contributed by atoms with Crippen molar-refractivity contribution >= 4 is 17.7 Å². The van der Waals surface area contributed by atoms with E-state index in [1.54, 1.807) is 12.4 Å². The van der Waals surface area contributed by atoms with Crippen molar-refractivity contribution in [3.8, 4) is 17.1 Å². The van der Waals surface area contributed by atoms with Crippen LogP contribution in [0.4, 0.5) is 0 Å². The first-order valence-electron chi connectivity index (χ1n) is 11.8. The number of pyridine rings is 1. The molecule has 2 aromatic carbocycles. The number of piperazine rings is 1. The van der Waals surface area contributed by atoms with Crippen molar-refractivity contribution < 1.29 is 4.79 Å². The van der Waals surface area contributed by atoms with Crippen LogP contribution in [0.3, 0.4) is 0 Å². The van der Waals surface area contributed by atoms with Gasteiger partial charge in [0.2, 0.25) is 5.91 Å². The highest BCUT2D eigenvalue weighted by Crippen LogP contribution is 2.29. The maximum atomic E-state index is 13.0. The quantitative estimate of drug-likeness (QED) is 0.369. The molecule has 1 saturated heterocycles. The third-order valence-electron chi connectivity index (χ3n) is 6.23. The monoisotopic (exact) mass is 484 g/mol. The zero-order valence-corrected chi connectivity index (χ0v) is 20.6. The topological polar surface area (TPSA) is 67.2 Å². The molecule has 4 aromatic rings. The molecule has 7 nitrogen and oxygen atoms in total. The van der Waals surface area contributed by atoms with Crippen LogP contribution in [-0.2, 0) is 11.3 Å². The van der Waals surface area contributed by atoms with Gasteiger partial charge in [0.25, 0.3) is 0 Å². The average molecular weight is 485 g/mol. The van der Waals surface area contributed by atoms with Crippen molar-refractivity contribution in [2.24, 2.45) is 0 Å². The van der Waals surface area contributed by atoms with Crippen molar-refractivity contribution in [1.82, 2.24) is 29.5 Å². The van der Waals surface area contributed by atoms with E-state index < -0.39 is 0 Å². The Bertz CT molecular complexity index is 1270. The first-order valence-corrected chi connectivity index (χ1v) is 12.8. The van der Waals surface area contributed by atoms with Crippen LogP contribution in [0.2, 0.25) is 0 Å². The summed E-state index contributed by atoms with van der Waals surface area (Å²) in [7, 11) is 0. The Hall–Kier alpha value is -3.49. The predicted octanol–water partition coefficient (Wildman–Crippen LogP) is 4.07. The van der Waals surface area contributed by atoms with Crippen LogP contribution >= 0.6 is 11.8 Å². The van der Waals surface area contributed by atoms with Crippen LogP contribution in [0.15, 0.2) is 84.3 Å². The molecule has 0 atom stereocenters. The molecule has 1 amide bonds. The van der Waals surface area contributed by atoms with Gasteiger partial charge in [-0.3, -0.25) is 19.2 Å². The van der Waals surface area contributed by atoms with E-state index in [2.05, 4.69) is 63.4 Å². The maximum Gasteiger partial charge on any atom is 0.233 e. The molecule has 0 unspecified atom stereocenters. The van der Waals surface area contributed by atoms with E-state index in [9.17, 15) is 4.79 Å². The van der Waals surface area contributed by atoms with Gasteiger partial charge in [0.15, 0.2) is 11.0 Å². The summed E-state index contributed by atoms with van der Waals surface area (Å²) in [5, 5.41) is 9.65. The van der Waals surface area contributed by atoms with Crippen molar-refractivity contribution in [3.63, 3.8) is 0 Å². The van der Waals surface area contributed by atoms with Gasteiger partial charge in [0.05, 0.1) is 11.4 Å². The molecule has 1 aliphatic rings. The van der Waals surface area contributed by atoms with Crippen LogP contribution in [0.5, 0.6) is 0 Å². The lowest BCUT2D eigenvalue weighted by Gasteiger charge is -2.34. The summed E-state index contributed by atoms with van der Waals surface area (Å²) in [4.78, 5) is 21.5. The normalized spacial score (nSPS) is 14.3. The second-order valence-electron chi connectivity index (χ2n) is 8.60. The highest BCUT2D eigenvalue weighted by atomic mass is 32.2. The molecule has 8 heteroatoms. The number of carbonyl (C=O) groups is 1. The Kier molecular flexibility index (Phi) is 7.20. The molecule has 2 aromatic heterocycles. The lowest BCUT2D eigenvalue weighted by Crippen LogP contribution is -2.48. The van der Waals surface area contributed by atoms with Gasteiger partial charge in [0.1, 0.15) is 0 Å². The molecular formula is C27H28N6OS. The van der Waals surface area contributed by atoms with E-state index in [1.165, 1.54) is 17.3 Å². The molecular weight excluding hydrogens is 456 g/mol. The number of carbonyl (C=O) groups excluding carboxylic acids is 1. The Morgan fingerprint density at radius 1 is 0.886 bits per heavy atom. The summed E-state index contributed by atoms with van der Waals surface area (Å²) in [5.74, 6) is 1.21. The number of amides is 1. The van der Waals surface area contributed by atoms with E-state index in [0.717, 1.165) is 55.4 Å². The van der Waals surface area contributed by atoms with Gasteiger partial charge in [0, 0.05) is 50.7 Å². The summed E-state index contributed by atoms with van der Waals surface area (Å²) in [5.41, 5.74) is 4.37. The molecule has 1 aliphatic heterocycles. The number of aromatic nitrogens is 4. The molecule has 178 valence electrons. The molecule has 0 saturated carbocycles. The lowest BCUT2D eigenvalue weighted by atomic mass is 10.2. The number of para-hydroxylation sites is 1. The number of aryl methyl sites for hydroxylation is 1. The Labute approximate surface area is 209 Å². The molecule has 1 fully saturated rings. The van der Waals surface area contributed by atoms with Gasteiger partial charge in [-0.15, -0.1) is 10.2 Å². The molecule has 0 radical (unpaired) electrons. The second kappa shape index (κ2) is 10.8. The largest absolute Gasteiger partial charge is 0.339 e. The number of rotatable bonds is 7.